The lowest BCUT2D eigenvalue weighted by Crippen LogP contribution is -2.13. The number of benzene rings is 2. The molecule has 2 aromatic carbocycles. The number of halogens is 4. The van der Waals surface area contributed by atoms with Crippen LogP contribution >= 0.6 is 11.6 Å². The standard InChI is InChI=1S/C19H14ClF3N2O2/c20-14-6-4-12(5-7-14)16-11-24-18(27-16)9-8-17(26)25-15-3-1-2-13(10-15)19(21,22)23/h1-7,10-11H,8-9H2,(H,25,26). The van der Waals surface area contributed by atoms with Crippen LogP contribution < -0.4 is 5.32 Å². The zero-order valence-electron chi connectivity index (χ0n) is 13.9. The summed E-state index contributed by atoms with van der Waals surface area (Å²) in [6, 6.07) is 11.5. The summed E-state index contributed by atoms with van der Waals surface area (Å²) in [5, 5.41) is 3.05. The molecule has 1 amide bonds. The molecule has 8 heteroatoms. The van der Waals surface area contributed by atoms with Gasteiger partial charge in [0.15, 0.2) is 11.7 Å². The maximum Gasteiger partial charge on any atom is 0.416 e. The molecule has 0 saturated carbocycles. The Bertz CT molecular complexity index is 937. The van der Waals surface area contributed by atoms with Crippen molar-refractivity contribution < 1.29 is 22.4 Å². The van der Waals surface area contributed by atoms with Crippen molar-refractivity contribution in [1.29, 1.82) is 0 Å². The third kappa shape index (κ3) is 5.10. The van der Waals surface area contributed by atoms with Gasteiger partial charge in [-0.2, -0.15) is 13.2 Å². The third-order valence-electron chi connectivity index (χ3n) is 3.72. The topological polar surface area (TPSA) is 55.1 Å². The minimum Gasteiger partial charge on any atom is -0.441 e. The monoisotopic (exact) mass is 394 g/mol. The van der Waals surface area contributed by atoms with Crippen LogP contribution in [0.2, 0.25) is 5.02 Å². The number of nitrogens with one attached hydrogen (secondary N) is 1. The summed E-state index contributed by atoms with van der Waals surface area (Å²) < 4.78 is 43.7. The van der Waals surface area contributed by atoms with Gasteiger partial charge in [-0.3, -0.25) is 4.79 Å². The number of oxazole rings is 1. The molecule has 0 aliphatic carbocycles. The maximum absolute atomic E-state index is 12.7. The van der Waals surface area contributed by atoms with Crippen molar-refractivity contribution >= 4 is 23.2 Å². The molecule has 0 radical (unpaired) electrons. The number of nitrogens with zero attached hydrogens (tertiary/aromatic N) is 1. The second-order valence-electron chi connectivity index (χ2n) is 5.75. The van der Waals surface area contributed by atoms with Gasteiger partial charge in [-0.05, 0) is 42.5 Å². The van der Waals surface area contributed by atoms with Gasteiger partial charge >= 0.3 is 6.18 Å². The van der Waals surface area contributed by atoms with E-state index < -0.39 is 17.6 Å². The molecule has 3 aromatic rings. The van der Waals surface area contributed by atoms with Crippen LogP contribution in [-0.4, -0.2) is 10.9 Å². The van der Waals surface area contributed by atoms with E-state index in [1.54, 1.807) is 30.5 Å². The number of anilines is 1. The van der Waals surface area contributed by atoms with Crippen LogP contribution in [0.5, 0.6) is 0 Å². The lowest BCUT2D eigenvalue weighted by molar-refractivity contribution is -0.137. The Balaban J connectivity index is 1.58. The second-order valence-corrected chi connectivity index (χ2v) is 6.19. The van der Waals surface area contributed by atoms with Crippen molar-refractivity contribution in [2.75, 3.05) is 5.32 Å². The molecule has 3 rings (SSSR count). The summed E-state index contributed by atoms with van der Waals surface area (Å²) in [6.45, 7) is 0. The van der Waals surface area contributed by atoms with Crippen LogP contribution in [0.1, 0.15) is 17.9 Å². The smallest absolute Gasteiger partial charge is 0.416 e. The largest absolute Gasteiger partial charge is 0.441 e. The summed E-state index contributed by atoms with van der Waals surface area (Å²) in [6.07, 6.45) is -2.67. The van der Waals surface area contributed by atoms with E-state index in [1.807, 2.05) is 0 Å². The first-order valence-corrected chi connectivity index (χ1v) is 8.37. The van der Waals surface area contributed by atoms with E-state index in [-0.39, 0.29) is 18.5 Å². The SMILES string of the molecule is O=C(CCc1ncc(-c2ccc(Cl)cc2)o1)Nc1cccc(C(F)(F)F)c1. The molecule has 0 saturated heterocycles. The van der Waals surface area contributed by atoms with Crippen LogP contribution in [0, 0.1) is 0 Å². The molecule has 4 nitrogen and oxygen atoms in total. The van der Waals surface area contributed by atoms with Gasteiger partial charge in [0, 0.05) is 29.1 Å². The molecule has 140 valence electrons. The Labute approximate surface area is 158 Å². The Hall–Kier alpha value is -2.80. The Morgan fingerprint density at radius 1 is 1.15 bits per heavy atom. The summed E-state index contributed by atoms with van der Waals surface area (Å²) >= 11 is 5.84. The quantitative estimate of drug-likeness (QED) is 0.614. The Morgan fingerprint density at radius 2 is 1.89 bits per heavy atom. The first kappa shape index (κ1) is 19.0. The molecule has 0 unspecified atom stereocenters. The first-order chi connectivity index (χ1) is 12.8. The molecule has 0 fully saturated rings. The highest BCUT2D eigenvalue weighted by Crippen LogP contribution is 2.30. The van der Waals surface area contributed by atoms with Gasteiger partial charge < -0.3 is 9.73 Å². The van der Waals surface area contributed by atoms with Gasteiger partial charge in [-0.25, -0.2) is 4.98 Å². The molecule has 27 heavy (non-hydrogen) atoms. The van der Waals surface area contributed by atoms with Gasteiger partial charge in [0.05, 0.1) is 11.8 Å². The average Bonchev–Trinajstić information content (AvgIpc) is 3.09. The third-order valence-corrected chi connectivity index (χ3v) is 3.97. The Kier molecular flexibility index (Phi) is 5.51. The minimum atomic E-state index is -4.46. The van der Waals surface area contributed by atoms with E-state index in [2.05, 4.69) is 10.3 Å². The number of hydrogen-bond donors (Lipinski definition) is 1. The van der Waals surface area contributed by atoms with Gasteiger partial charge in [-0.15, -0.1) is 0 Å². The summed E-state index contributed by atoms with van der Waals surface area (Å²) in [5.41, 5.74) is 0.0660. The van der Waals surface area contributed by atoms with Crippen LogP contribution in [-0.2, 0) is 17.4 Å². The highest BCUT2D eigenvalue weighted by atomic mass is 35.5. The van der Waals surface area contributed by atoms with E-state index in [0.717, 1.165) is 17.7 Å². The predicted octanol–water partition coefficient (Wildman–Crippen LogP) is 5.59. The fraction of sp³-hybridized carbons (Fsp3) is 0.158. The molecule has 0 aliphatic rings. The van der Waals surface area contributed by atoms with Crippen molar-refractivity contribution in [3.63, 3.8) is 0 Å². The fourth-order valence-electron chi connectivity index (χ4n) is 2.39. The number of carbonyl (C=O) groups is 1. The molecule has 1 aromatic heterocycles. The second kappa shape index (κ2) is 7.84. The number of hydrogen-bond acceptors (Lipinski definition) is 3. The van der Waals surface area contributed by atoms with Gasteiger partial charge in [0.25, 0.3) is 0 Å². The van der Waals surface area contributed by atoms with E-state index in [4.69, 9.17) is 16.0 Å². The Morgan fingerprint density at radius 3 is 2.59 bits per heavy atom. The number of amides is 1. The number of carbonyl (C=O) groups excluding carboxylic acids is 1. The van der Waals surface area contributed by atoms with Crippen molar-refractivity contribution in [3.8, 4) is 11.3 Å². The molecule has 0 aliphatic heterocycles. The molecular weight excluding hydrogens is 381 g/mol. The number of aryl methyl sites for hydroxylation is 1. The average molecular weight is 395 g/mol. The van der Waals surface area contributed by atoms with Crippen LogP contribution in [0.25, 0.3) is 11.3 Å². The van der Waals surface area contributed by atoms with Crippen molar-refractivity contribution in [3.05, 3.63) is 71.2 Å². The number of alkyl halides is 3. The van der Waals surface area contributed by atoms with E-state index >= 15 is 0 Å². The lowest BCUT2D eigenvalue weighted by atomic mass is 10.2. The van der Waals surface area contributed by atoms with E-state index in [9.17, 15) is 18.0 Å². The lowest BCUT2D eigenvalue weighted by Gasteiger charge is -2.09. The summed E-state index contributed by atoms with van der Waals surface area (Å²) in [7, 11) is 0. The highest BCUT2D eigenvalue weighted by Gasteiger charge is 2.30. The fourth-order valence-corrected chi connectivity index (χ4v) is 2.52. The van der Waals surface area contributed by atoms with Gasteiger partial charge in [-0.1, -0.05) is 17.7 Å². The van der Waals surface area contributed by atoms with Crippen LogP contribution in [0.15, 0.2) is 59.1 Å². The van der Waals surface area contributed by atoms with Gasteiger partial charge in [0.1, 0.15) is 0 Å². The summed E-state index contributed by atoms with van der Waals surface area (Å²) in [4.78, 5) is 16.1. The van der Waals surface area contributed by atoms with Crippen molar-refractivity contribution in [1.82, 2.24) is 4.98 Å². The molecule has 0 atom stereocenters. The number of aromatic nitrogens is 1. The highest BCUT2D eigenvalue weighted by molar-refractivity contribution is 6.30. The predicted molar refractivity (Wildman–Crippen MR) is 95.3 cm³/mol. The van der Waals surface area contributed by atoms with Crippen molar-refractivity contribution in [2.24, 2.45) is 0 Å². The zero-order chi connectivity index (χ0) is 19.4. The van der Waals surface area contributed by atoms with Crippen LogP contribution in [0.4, 0.5) is 18.9 Å². The maximum atomic E-state index is 12.7. The zero-order valence-corrected chi connectivity index (χ0v) is 14.6. The number of rotatable bonds is 5. The first-order valence-electron chi connectivity index (χ1n) is 7.99. The summed E-state index contributed by atoms with van der Waals surface area (Å²) in [5.74, 6) is 0.472. The van der Waals surface area contributed by atoms with E-state index in [1.165, 1.54) is 12.1 Å². The van der Waals surface area contributed by atoms with Crippen LogP contribution in [0.3, 0.4) is 0 Å². The van der Waals surface area contributed by atoms with Gasteiger partial charge in [0.2, 0.25) is 5.91 Å². The van der Waals surface area contributed by atoms with E-state index in [0.29, 0.717) is 16.7 Å². The molecule has 0 bridgehead atoms. The van der Waals surface area contributed by atoms with Crippen molar-refractivity contribution in [2.45, 2.75) is 19.0 Å². The minimum absolute atomic E-state index is 0.0246. The molecule has 1 heterocycles. The molecule has 1 N–H and O–H groups in total. The molecule has 0 spiro atoms. The molecular formula is C19H14ClF3N2O2. The normalized spacial score (nSPS) is 11.4.